The number of anilines is 1. The van der Waals surface area contributed by atoms with Gasteiger partial charge in [-0.1, -0.05) is 0 Å². The molecular formula is C15H22N4O. The average Bonchev–Trinajstić information content (AvgIpc) is 2.46. The third kappa shape index (κ3) is 2.76. The van der Waals surface area contributed by atoms with Gasteiger partial charge in [0.2, 0.25) is 5.91 Å². The Labute approximate surface area is 119 Å². The highest BCUT2D eigenvalue weighted by molar-refractivity contribution is 5.80. The summed E-state index contributed by atoms with van der Waals surface area (Å²) in [6.07, 6.45) is 7.13. The van der Waals surface area contributed by atoms with E-state index < -0.39 is 0 Å². The second-order valence-corrected chi connectivity index (χ2v) is 6.27. The van der Waals surface area contributed by atoms with Crippen molar-refractivity contribution in [2.75, 3.05) is 18.0 Å². The molecule has 20 heavy (non-hydrogen) atoms. The maximum Gasteiger partial charge on any atom is 0.225 e. The van der Waals surface area contributed by atoms with Crippen LogP contribution in [0.2, 0.25) is 0 Å². The Balaban J connectivity index is 1.61. The van der Waals surface area contributed by atoms with Crippen LogP contribution in [0.3, 0.4) is 0 Å². The monoisotopic (exact) mass is 274 g/mol. The van der Waals surface area contributed by atoms with Gasteiger partial charge in [0.1, 0.15) is 0 Å². The minimum atomic E-state index is 0.0475. The van der Waals surface area contributed by atoms with Gasteiger partial charge in [0, 0.05) is 24.8 Å². The third-order valence-corrected chi connectivity index (χ3v) is 4.56. The fourth-order valence-corrected chi connectivity index (χ4v) is 3.09. The fraction of sp³-hybridized carbons (Fsp3) is 0.667. The first-order chi connectivity index (χ1) is 9.66. The van der Waals surface area contributed by atoms with Crippen molar-refractivity contribution in [3.8, 4) is 0 Å². The fourth-order valence-electron chi connectivity index (χ4n) is 3.09. The molecule has 5 nitrogen and oxygen atoms in total. The number of aromatic nitrogens is 2. The normalized spacial score (nSPS) is 24.9. The molecule has 2 aliphatic rings. The Hall–Kier alpha value is -1.65. The molecule has 1 saturated carbocycles. The van der Waals surface area contributed by atoms with Crippen molar-refractivity contribution in [2.45, 2.75) is 44.6 Å². The summed E-state index contributed by atoms with van der Waals surface area (Å²) in [5, 5.41) is 11.3. The number of nitrogens with zero attached hydrogens (tertiary/aromatic N) is 3. The molecule has 0 aromatic carbocycles. The number of hydrogen-bond donors (Lipinski definition) is 1. The Morgan fingerprint density at radius 3 is 2.95 bits per heavy atom. The Morgan fingerprint density at radius 1 is 1.45 bits per heavy atom. The molecule has 1 saturated heterocycles. The summed E-state index contributed by atoms with van der Waals surface area (Å²) in [5.41, 5.74) is 0.0475. The Bertz CT molecular complexity index is 472. The topological polar surface area (TPSA) is 58.1 Å². The molecule has 0 unspecified atom stereocenters. The van der Waals surface area contributed by atoms with Gasteiger partial charge in [-0.3, -0.25) is 4.79 Å². The van der Waals surface area contributed by atoms with Crippen molar-refractivity contribution in [1.82, 2.24) is 15.5 Å². The van der Waals surface area contributed by atoms with Crippen LogP contribution >= 0.6 is 0 Å². The highest BCUT2D eigenvalue weighted by Gasteiger charge is 2.36. The average molecular weight is 274 g/mol. The van der Waals surface area contributed by atoms with Gasteiger partial charge in [0.05, 0.1) is 5.92 Å². The van der Waals surface area contributed by atoms with Crippen LogP contribution in [0.25, 0.3) is 0 Å². The molecule has 1 aromatic rings. The quantitative estimate of drug-likeness (QED) is 0.912. The van der Waals surface area contributed by atoms with Gasteiger partial charge in [0.25, 0.3) is 0 Å². The molecular weight excluding hydrogens is 252 g/mol. The maximum absolute atomic E-state index is 12.4. The number of amides is 1. The zero-order valence-corrected chi connectivity index (χ0v) is 12.0. The van der Waals surface area contributed by atoms with Crippen LogP contribution in [0, 0.1) is 5.92 Å². The van der Waals surface area contributed by atoms with Gasteiger partial charge < -0.3 is 10.2 Å². The van der Waals surface area contributed by atoms with Gasteiger partial charge in [-0.05, 0) is 51.2 Å². The van der Waals surface area contributed by atoms with E-state index in [9.17, 15) is 4.79 Å². The molecule has 1 amide bonds. The third-order valence-electron chi connectivity index (χ3n) is 4.56. The predicted molar refractivity (Wildman–Crippen MR) is 77.4 cm³/mol. The van der Waals surface area contributed by atoms with Crippen molar-refractivity contribution in [3.05, 3.63) is 18.3 Å². The number of hydrogen-bond acceptors (Lipinski definition) is 4. The summed E-state index contributed by atoms with van der Waals surface area (Å²) in [6.45, 7) is 3.86. The predicted octanol–water partition coefficient (Wildman–Crippen LogP) is 1.75. The summed E-state index contributed by atoms with van der Waals surface area (Å²) in [6, 6.07) is 3.85. The molecule has 1 aromatic heterocycles. The SMILES string of the molecule is CC1(NC(=O)[C@@H]2CCCN(c3cccnn3)C2)CCC1. The van der Waals surface area contributed by atoms with Crippen LogP contribution in [0.1, 0.15) is 39.0 Å². The van der Waals surface area contributed by atoms with Crippen LogP contribution in [0.4, 0.5) is 5.82 Å². The molecule has 1 aliphatic heterocycles. The smallest absolute Gasteiger partial charge is 0.225 e. The highest BCUT2D eigenvalue weighted by atomic mass is 16.2. The van der Waals surface area contributed by atoms with Crippen molar-refractivity contribution in [1.29, 1.82) is 0 Å². The van der Waals surface area contributed by atoms with Gasteiger partial charge >= 0.3 is 0 Å². The molecule has 2 fully saturated rings. The molecule has 0 spiro atoms. The zero-order chi connectivity index (χ0) is 14.0. The molecule has 108 valence electrons. The van der Waals surface area contributed by atoms with Crippen molar-refractivity contribution < 1.29 is 4.79 Å². The first kappa shape index (κ1) is 13.3. The lowest BCUT2D eigenvalue weighted by molar-refractivity contribution is -0.128. The number of carbonyl (C=O) groups is 1. The van der Waals surface area contributed by atoms with E-state index in [1.54, 1.807) is 6.20 Å². The molecule has 5 heteroatoms. The van der Waals surface area contributed by atoms with Gasteiger partial charge in [-0.2, -0.15) is 5.10 Å². The van der Waals surface area contributed by atoms with Gasteiger partial charge in [-0.25, -0.2) is 0 Å². The first-order valence-corrected chi connectivity index (χ1v) is 7.51. The lowest BCUT2D eigenvalue weighted by Gasteiger charge is -2.41. The van der Waals surface area contributed by atoms with E-state index in [1.165, 1.54) is 6.42 Å². The van der Waals surface area contributed by atoms with E-state index in [0.29, 0.717) is 0 Å². The summed E-state index contributed by atoms with van der Waals surface area (Å²) in [5.74, 6) is 1.16. The summed E-state index contributed by atoms with van der Waals surface area (Å²) < 4.78 is 0. The van der Waals surface area contributed by atoms with Crippen molar-refractivity contribution >= 4 is 11.7 Å². The first-order valence-electron chi connectivity index (χ1n) is 7.51. The van der Waals surface area contributed by atoms with E-state index in [0.717, 1.165) is 44.6 Å². The lowest BCUT2D eigenvalue weighted by Crippen LogP contribution is -2.54. The summed E-state index contributed by atoms with van der Waals surface area (Å²) >= 11 is 0. The number of rotatable bonds is 3. The molecule has 1 aliphatic carbocycles. The minimum Gasteiger partial charge on any atom is -0.354 e. The van der Waals surface area contributed by atoms with E-state index in [1.807, 2.05) is 12.1 Å². The Morgan fingerprint density at radius 2 is 2.30 bits per heavy atom. The molecule has 1 N–H and O–H groups in total. The van der Waals surface area contributed by atoms with Gasteiger partial charge in [0.15, 0.2) is 5.82 Å². The molecule has 0 radical (unpaired) electrons. The standard InChI is InChI=1S/C15H22N4O/c1-15(7-4-8-15)17-14(20)12-5-3-10-19(11-12)13-6-2-9-16-18-13/h2,6,9,12H,3-5,7-8,10-11H2,1H3,(H,17,20)/t12-/m1/s1. The van der Waals surface area contributed by atoms with Crippen LogP contribution in [0.15, 0.2) is 18.3 Å². The Kier molecular flexibility index (Phi) is 3.59. The molecule has 1 atom stereocenters. The van der Waals surface area contributed by atoms with Crippen molar-refractivity contribution in [2.24, 2.45) is 5.92 Å². The van der Waals surface area contributed by atoms with E-state index in [2.05, 4.69) is 27.3 Å². The summed E-state index contributed by atoms with van der Waals surface area (Å²) in [7, 11) is 0. The maximum atomic E-state index is 12.4. The van der Waals surface area contributed by atoms with E-state index in [4.69, 9.17) is 0 Å². The van der Waals surface area contributed by atoms with E-state index in [-0.39, 0.29) is 17.4 Å². The minimum absolute atomic E-state index is 0.0475. The number of carbonyl (C=O) groups excluding carboxylic acids is 1. The largest absolute Gasteiger partial charge is 0.354 e. The lowest BCUT2D eigenvalue weighted by atomic mass is 9.78. The van der Waals surface area contributed by atoms with Crippen molar-refractivity contribution in [3.63, 3.8) is 0 Å². The van der Waals surface area contributed by atoms with Crippen LogP contribution in [-0.4, -0.2) is 34.7 Å². The second kappa shape index (κ2) is 5.38. The van der Waals surface area contributed by atoms with E-state index >= 15 is 0 Å². The van der Waals surface area contributed by atoms with Crippen LogP contribution < -0.4 is 10.2 Å². The second-order valence-electron chi connectivity index (χ2n) is 6.27. The summed E-state index contributed by atoms with van der Waals surface area (Å²) in [4.78, 5) is 14.6. The highest BCUT2D eigenvalue weighted by Crippen LogP contribution is 2.32. The van der Waals surface area contributed by atoms with Crippen LogP contribution in [-0.2, 0) is 4.79 Å². The molecule has 0 bridgehead atoms. The molecule has 3 rings (SSSR count). The number of nitrogens with one attached hydrogen (secondary N) is 1. The van der Waals surface area contributed by atoms with Crippen LogP contribution in [0.5, 0.6) is 0 Å². The number of piperidine rings is 1. The van der Waals surface area contributed by atoms with Gasteiger partial charge in [-0.15, -0.1) is 5.10 Å². The zero-order valence-electron chi connectivity index (χ0n) is 12.0. The molecule has 2 heterocycles.